The van der Waals surface area contributed by atoms with Gasteiger partial charge in [0.1, 0.15) is 17.3 Å². The van der Waals surface area contributed by atoms with Crippen molar-refractivity contribution in [3.63, 3.8) is 0 Å². The molecule has 3 aliphatic heterocycles. The first kappa shape index (κ1) is 36.7. The maximum Gasteiger partial charge on any atom is 0.219 e. The van der Waals surface area contributed by atoms with E-state index in [2.05, 4.69) is 28.0 Å². The summed E-state index contributed by atoms with van der Waals surface area (Å²) < 4.78 is 19.6. The van der Waals surface area contributed by atoms with E-state index in [0.29, 0.717) is 23.2 Å². The monoisotopic (exact) mass is 774 g/mol. The number of hydrogen-bond acceptors (Lipinski definition) is 9. The number of nitrogens with zero attached hydrogens (tertiary/aromatic N) is 6. The Kier molecular flexibility index (Phi) is 9.10. The number of likely N-dealkylation sites (tertiary alicyclic amines) is 3. The van der Waals surface area contributed by atoms with Crippen molar-refractivity contribution in [1.82, 2.24) is 29.5 Å². The molecule has 2 aromatic heterocycles. The van der Waals surface area contributed by atoms with Crippen LogP contribution in [0.1, 0.15) is 37.8 Å². The molecule has 0 radical (unpaired) electrons. The Morgan fingerprint density at radius 1 is 0.786 bits per heavy atom. The van der Waals surface area contributed by atoms with Gasteiger partial charge in [-0.2, -0.15) is 5.10 Å². The van der Waals surface area contributed by atoms with E-state index in [1.165, 1.54) is 0 Å². The number of Topliss-reactive ketones (excluding diaryl/α,β-unsaturated/α-hetero) is 1. The summed E-state index contributed by atoms with van der Waals surface area (Å²) in [7, 11) is 5.04. The molecule has 3 aromatic carbocycles. The molecule has 0 bridgehead atoms. The molecule has 1 aliphatic carbocycles. The molecule has 5 aromatic rings. The summed E-state index contributed by atoms with van der Waals surface area (Å²) in [6.07, 6.45) is 3.88. The van der Waals surface area contributed by atoms with Gasteiger partial charge in [-0.05, 0) is 42.9 Å². The first-order valence-electron chi connectivity index (χ1n) is 19.3. The Morgan fingerprint density at radius 2 is 1.43 bits per heavy atom. The van der Waals surface area contributed by atoms with Crippen LogP contribution >= 0.6 is 11.6 Å². The fourth-order valence-electron chi connectivity index (χ4n) is 9.80. The zero-order chi connectivity index (χ0) is 38.9. The smallest absolute Gasteiger partial charge is 0.219 e. The lowest BCUT2D eigenvalue weighted by molar-refractivity contribution is -0.157. The minimum absolute atomic E-state index is 0.153. The zero-order valence-electron chi connectivity index (χ0n) is 32.6. The third-order valence-corrected chi connectivity index (χ3v) is 13.0. The number of ether oxygens (including phenoxy) is 3. The lowest BCUT2D eigenvalue weighted by Gasteiger charge is -2.60. The number of methoxy groups -OCH3 is 3. The van der Waals surface area contributed by atoms with Crippen molar-refractivity contribution in [3.05, 3.63) is 83.0 Å². The van der Waals surface area contributed by atoms with E-state index in [-0.39, 0.29) is 22.7 Å². The molecule has 4 aliphatic rings. The molecule has 4 fully saturated rings. The molecule has 2 spiro atoms. The van der Waals surface area contributed by atoms with Gasteiger partial charge < -0.3 is 19.1 Å². The molecule has 1 amide bonds. The predicted molar refractivity (Wildman–Crippen MR) is 215 cm³/mol. The normalized spacial score (nSPS) is 18.6. The molecule has 0 unspecified atom stereocenters. The standard InChI is InChI=1S/C44H47ClN6O5/c1-27(52)30-16-43(17-30)21-49(22-43)20-36-39(54-3)14-31(15-40(36)55-4)51-38-11-7-8-32(35(38)18-46-51)33-9-6-10-34(41(33)45)37-13-12-29(42(47-37)56-5)19-48-23-44(24-48)25-50(26-44)28(2)53/h6-15,18,30H,16-17,19-26H2,1-5H3. The van der Waals surface area contributed by atoms with Crippen LogP contribution in [0, 0.1) is 16.7 Å². The SMILES string of the molecule is COc1cc(-n2ncc3c(-c4cccc(-c5ccc(CN6CC7(C6)CN(C(C)=O)C7)c(OC)n5)c4Cl)cccc32)cc(OC)c1CN1CC2(CC(C(C)=O)C2)C1. The predicted octanol–water partition coefficient (Wildman–Crippen LogP) is 6.90. The molecule has 11 nitrogen and oxygen atoms in total. The van der Waals surface area contributed by atoms with E-state index in [0.717, 1.165) is 120 Å². The summed E-state index contributed by atoms with van der Waals surface area (Å²) in [6.45, 7) is 10.4. The number of benzene rings is 3. The van der Waals surface area contributed by atoms with Crippen molar-refractivity contribution in [2.75, 3.05) is 60.6 Å². The van der Waals surface area contributed by atoms with Crippen LogP contribution in [0.5, 0.6) is 17.4 Å². The van der Waals surface area contributed by atoms with Gasteiger partial charge in [0.25, 0.3) is 0 Å². The Bertz CT molecular complexity index is 2340. The molecular formula is C44H47ClN6O5. The first-order chi connectivity index (χ1) is 27.0. The van der Waals surface area contributed by atoms with Crippen LogP contribution in [0.2, 0.25) is 5.02 Å². The minimum Gasteiger partial charge on any atom is -0.496 e. The molecule has 0 atom stereocenters. The number of amides is 1. The van der Waals surface area contributed by atoms with Crippen LogP contribution < -0.4 is 14.2 Å². The Hall–Kier alpha value is -4.97. The van der Waals surface area contributed by atoms with Crippen LogP contribution in [0.15, 0.2) is 66.9 Å². The highest BCUT2D eigenvalue weighted by Gasteiger charge is 2.54. The van der Waals surface area contributed by atoms with Gasteiger partial charge in [-0.1, -0.05) is 48.0 Å². The van der Waals surface area contributed by atoms with Gasteiger partial charge in [-0.3, -0.25) is 19.4 Å². The molecule has 3 saturated heterocycles. The number of rotatable bonds is 11. The van der Waals surface area contributed by atoms with E-state index in [1.54, 1.807) is 35.2 Å². The Labute approximate surface area is 332 Å². The van der Waals surface area contributed by atoms with E-state index in [4.69, 9.17) is 35.9 Å². The second-order valence-electron chi connectivity index (χ2n) is 16.5. The van der Waals surface area contributed by atoms with Crippen LogP contribution in [-0.2, 0) is 22.7 Å². The average Bonchev–Trinajstić information content (AvgIpc) is 3.57. The van der Waals surface area contributed by atoms with E-state index in [1.807, 2.05) is 58.2 Å². The van der Waals surface area contributed by atoms with Crippen molar-refractivity contribution in [3.8, 4) is 45.5 Å². The number of fused-ring (bicyclic) bond motifs is 1. The largest absolute Gasteiger partial charge is 0.496 e. The van der Waals surface area contributed by atoms with E-state index in [9.17, 15) is 9.59 Å². The number of hydrogen-bond donors (Lipinski definition) is 0. The minimum atomic E-state index is 0.153. The fraction of sp³-hybridized carbons (Fsp3) is 0.409. The summed E-state index contributed by atoms with van der Waals surface area (Å²) in [6, 6.07) is 20.3. The average molecular weight is 775 g/mol. The first-order valence-corrected chi connectivity index (χ1v) is 19.7. The molecule has 0 N–H and O–H groups in total. The molecule has 56 heavy (non-hydrogen) atoms. The molecule has 9 rings (SSSR count). The van der Waals surface area contributed by atoms with Crippen LogP contribution in [0.3, 0.4) is 0 Å². The van der Waals surface area contributed by atoms with Crippen molar-refractivity contribution < 1.29 is 23.8 Å². The van der Waals surface area contributed by atoms with Gasteiger partial charge in [-0.25, -0.2) is 9.67 Å². The second kappa shape index (κ2) is 13.9. The van der Waals surface area contributed by atoms with E-state index >= 15 is 0 Å². The summed E-state index contributed by atoms with van der Waals surface area (Å²) >= 11 is 7.25. The van der Waals surface area contributed by atoms with Crippen LogP contribution in [0.25, 0.3) is 39.0 Å². The molecule has 290 valence electrons. The quantitative estimate of drug-likeness (QED) is 0.142. The van der Waals surface area contributed by atoms with Gasteiger partial charge >= 0.3 is 0 Å². The number of pyridine rings is 1. The Morgan fingerprint density at radius 3 is 2.09 bits per heavy atom. The van der Waals surface area contributed by atoms with Crippen molar-refractivity contribution in [2.24, 2.45) is 16.7 Å². The van der Waals surface area contributed by atoms with Crippen LogP contribution in [-0.4, -0.2) is 102 Å². The number of aromatic nitrogens is 3. The van der Waals surface area contributed by atoms with Crippen molar-refractivity contribution in [2.45, 2.75) is 39.8 Å². The zero-order valence-corrected chi connectivity index (χ0v) is 33.4. The molecule has 12 heteroatoms. The van der Waals surface area contributed by atoms with Gasteiger partial charge in [0.05, 0.1) is 55.0 Å². The van der Waals surface area contributed by atoms with Gasteiger partial charge in [0.2, 0.25) is 11.8 Å². The Balaban J connectivity index is 0.953. The molecule has 5 heterocycles. The maximum atomic E-state index is 11.8. The van der Waals surface area contributed by atoms with Gasteiger partial charge in [0, 0.05) is 105 Å². The lowest BCUT2D eigenvalue weighted by Crippen LogP contribution is -2.72. The van der Waals surface area contributed by atoms with E-state index < -0.39 is 0 Å². The highest BCUT2D eigenvalue weighted by molar-refractivity contribution is 6.36. The lowest BCUT2D eigenvalue weighted by atomic mass is 9.57. The third kappa shape index (κ3) is 6.20. The fourth-order valence-corrected chi connectivity index (χ4v) is 10.1. The number of ketones is 1. The summed E-state index contributed by atoms with van der Waals surface area (Å²) in [5, 5.41) is 6.41. The summed E-state index contributed by atoms with van der Waals surface area (Å²) in [5.41, 5.74) is 7.68. The van der Waals surface area contributed by atoms with Gasteiger partial charge in [-0.15, -0.1) is 0 Å². The molecule has 1 saturated carbocycles. The van der Waals surface area contributed by atoms with Crippen LogP contribution in [0.4, 0.5) is 0 Å². The number of halogens is 1. The highest BCUT2D eigenvalue weighted by Crippen LogP contribution is 2.53. The number of carbonyl (C=O) groups excluding carboxylic acids is 2. The topological polar surface area (TPSA) is 102 Å². The summed E-state index contributed by atoms with van der Waals surface area (Å²) in [5.74, 6) is 2.77. The van der Waals surface area contributed by atoms with Crippen molar-refractivity contribution in [1.29, 1.82) is 0 Å². The summed E-state index contributed by atoms with van der Waals surface area (Å²) in [4.78, 5) is 35.1. The highest BCUT2D eigenvalue weighted by atomic mass is 35.5. The second-order valence-corrected chi connectivity index (χ2v) is 16.9. The number of carbonyl (C=O) groups is 2. The van der Waals surface area contributed by atoms with Crippen molar-refractivity contribution >= 4 is 34.2 Å². The van der Waals surface area contributed by atoms with Gasteiger partial charge in [0.15, 0.2) is 0 Å². The third-order valence-electron chi connectivity index (χ3n) is 12.6. The maximum absolute atomic E-state index is 11.8. The molecular weight excluding hydrogens is 728 g/mol.